The second kappa shape index (κ2) is 5.67. The third kappa shape index (κ3) is 2.87. The number of benzene rings is 1. The molecule has 0 fully saturated rings. The van der Waals surface area contributed by atoms with Gasteiger partial charge >= 0.3 is 0 Å². The van der Waals surface area contributed by atoms with Gasteiger partial charge in [-0.2, -0.15) is 0 Å². The maximum Gasteiger partial charge on any atom is 0.193 e. The Hall–Kier alpha value is -1.83. The average Bonchev–Trinajstić information content (AvgIpc) is 3.21. The summed E-state index contributed by atoms with van der Waals surface area (Å²) in [6.45, 7) is 2.34. The molecular formula is C16H16N4OS2. The molecule has 118 valence electrons. The van der Waals surface area contributed by atoms with Gasteiger partial charge in [0.1, 0.15) is 4.93 Å². The van der Waals surface area contributed by atoms with Gasteiger partial charge in [0.05, 0.1) is 35.8 Å². The molecule has 0 spiro atoms. The molecule has 4 aromatic rings. The van der Waals surface area contributed by atoms with E-state index in [-0.39, 0.29) is 0 Å². The van der Waals surface area contributed by atoms with Crippen molar-refractivity contribution in [3.8, 4) is 0 Å². The van der Waals surface area contributed by atoms with E-state index in [1.165, 1.54) is 11.8 Å². The first-order valence-corrected chi connectivity index (χ1v) is 9.15. The molecule has 0 aliphatic rings. The van der Waals surface area contributed by atoms with Gasteiger partial charge in [-0.05, 0) is 19.1 Å². The van der Waals surface area contributed by atoms with E-state index in [1.807, 2.05) is 53.5 Å². The van der Waals surface area contributed by atoms with E-state index in [0.29, 0.717) is 12.3 Å². The van der Waals surface area contributed by atoms with E-state index >= 15 is 0 Å². The van der Waals surface area contributed by atoms with Gasteiger partial charge in [0, 0.05) is 17.3 Å². The highest BCUT2D eigenvalue weighted by Gasteiger charge is 2.23. The van der Waals surface area contributed by atoms with Gasteiger partial charge in [-0.3, -0.25) is 4.40 Å². The molecule has 1 aromatic carbocycles. The van der Waals surface area contributed by atoms with Gasteiger partial charge in [0.15, 0.2) is 4.96 Å². The number of rotatable bonds is 5. The van der Waals surface area contributed by atoms with Crippen LogP contribution in [0, 0.1) is 0 Å². The number of para-hydroxylation sites is 2. The second-order valence-corrected chi connectivity index (χ2v) is 7.96. The summed E-state index contributed by atoms with van der Waals surface area (Å²) in [5, 5.41) is 12.8. The highest BCUT2D eigenvalue weighted by Crippen LogP contribution is 2.29. The van der Waals surface area contributed by atoms with Crippen molar-refractivity contribution in [2.45, 2.75) is 24.2 Å². The number of aliphatic hydroxyl groups is 1. The zero-order valence-corrected chi connectivity index (χ0v) is 14.2. The maximum absolute atomic E-state index is 10.8. The lowest BCUT2D eigenvalue weighted by molar-refractivity contribution is 0.138. The number of thioether (sulfide) groups is 1. The normalized spacial score (nSPS) is 14.5. The van der Waals surface area contributed by atoms with Gasteiger partial charge in [-0.1, -0.05) is 12.1 Å². The summed E-state index contributed by atoms with van der Waals surface area (Å²) in [5.41, 5.74) is 3.09. The van der Waals surface area contributed by atoms with Crippen LogP contribution in [0.4, 0.5) is 0 Å². The van der Waals surface area contributed by atoms with E-state index in [0.717, 1.165) is 21.7 Å². The summed E-state index contributed by atoms with van der Waals surface area (Å²) in [6, 6.07) is 7.96. The summed E-state index contributed by atoms with van der Waals surface area (Å²) < 4.78 is 4.07. The summed E-state index contributed by atoms with van der Waals surface area (Å²) >= 11 is 3.13. The number of fused-ring (bicyclic) bond motifs is 2. The fourth-order valence-electron chi connectivity index (χ4n) is 2.61. The molecule has 7 heteroatoms. The van der Waals surface area contributed by atoms with Crippen LogP contribution in [-0.4, -0.2) is 29.0 Å². The van der Waals surface area contributed by atoms with E-state index in [4.69, 9.17) is 0 Å². The quantitative estimate of drug-likeness (QED) is 0.564. The maximum atomic E-state index is 10.8. The minimum atomic E-state index is -0.885. The lowest BCUT2D eigenvalue weighted by atomic mass is 10.3. The van der Waals surface area contributed by atoms with Crippen molar-refractivity contribution in [2.75, 3.05) is 0 Å². The van der Waals surface area contributed by atoms with Crippen molar-refractivity contribution in [2.24, 2.45) is 0 Å². The van der Waals surface area contributed by atoms with Crippen LogP contribution in [0.5, 0.6) is 0 Å². The van der Waals surface area contributed by atoms with Gasteiger partial charge in [0.2, 0.25) is 0 Å². The van der Waals surface area contributed by atoms with Gasteiger partial charge in [-0.25, -0.2) is 9.97 Å². The fraction of sp³-hybridized carbons (Fsp3) is 0.250. The summed E-state index contributed by atoms with van der Waals surface area (Å²) in [7, 11) is 0. The second-order valence-electron chi connectivity index (χ2n) is 5.63. The van der Waals surface area contributed by atoms with E-state index in [2.05, 4.69) is 14.4 Å². The number of hydrogen-bond donors (Lipinski definition) is 1. The molecule has 0 saturated carbocycles. The van der Waals surface area contributed by atoms with E-state index < -0.39 is 4.93 Å². The zero-order valence-electron chi connectivity index (χ0n) is 12.6. The predicted molar refractivity (Wildman–Crippen MR) is 94.7 cm³/mol. The van der Waals surface area contributed by atoms with Crippen molar-refractivity contribution in [1.29, 1.82) is 0 Å². The molecule has 4 rings (SSSR count). The first kappa shape index (κ1) is 14.7. The van der Waals surface area contributed by atoms with Gasteiger partial charge in [0.25, 0.3) is 0 Å². The Morgan fingerprint density at radius 2 is 2.17 bits per heavy atom. The van der Waals surface area contributed by atoms with Crippen molar-refractivity contribution < 1.29 is 5.11 Å². The monoisotopic (exact) mass is 344 g/mol. The summed E-state index contributed by atoms with van der Waals surface area (Å²) in [6.07, 6.45) is 5.68. The van der Waals surface area contributed by atoms with Crippen LogP contribution in [-0.2, 0) is 12.3 Å². The van der Waals surface area contributed by atoms with Crippen LogP contribution in [0.1, 0.15) is 12.6 Å². The van der Waals surface area contributed by atoms with Crippen LogP contribution in [0.25, 0.3) is 16.0 Å². The van der Waals surface area contributed by atoms with Crippen LogP contribution >= 0.6 is 23.1 Å². The number of imidazole rings is 2. The van der Waals surface area contributed by atoms with Crippen molar-refractivity contribution >= 4 is 39.1 Å². The van der Waals surface area contributed by atoms with Crippen LogP contribution in [0.2, 0.25) is 0 Å². The lowest BCUT2D eigenvalue weighted by Crippen LogP contribution is -2.26. The van der Waals surface area contributed by atoms with Crippen molar-refractivity contribution in [3.05, 3.63) is 54.1 Å². The smallest absolute Gasteiger partial charge is 0.193 e. The minimum Gasteiger partial charge on any atom is -0.378 e. The van der Waals surface area contributed by atoms with Crippen molar-refractivity contribution in [1.82, 2.24) is 18.9 Å². The number of hydrogen-bond acceptors (Lipinski definition) is 5. The molecule has 1 atom stereocenters. The Morgan fingerprint density at radius 1 is 1.30 bits per heavy atom. The molecule has 0 saturated heterocycles. The topological polar surface area (TPSA) is 55.3 Å². The number of aromatic nitrogens is 4. The molecule has 0 amide bonds. The summed E-state index contributed by atoms with van der Waals surface area (Å²) in [4.78, 5) is 8.85. The first-order chi connectivity index (χ1) is 11.1. The van der Waals surface area contributed by atoms with Gasteiger partial charge < -0.3 is 9.67 Å². The Bertz CT molecular complexity index is 953. The molecule has 0 bridgehead atoms. The van der Waals surface area contributed by atoms with Crippen LogP contribution in [0.15, 0.2) is 48.4 Å². The van der Waals surface area contributed by atoms with E-state index in [9.17, 15) is 5.11 Å². The Morgan fingerprint density at radius 3 is 3.09 bits per heavy atom. The average molecular weight is 344 g/mol. The number of thiazole rings is 1. The molecule has 3 heterocycles. The standard InChI is InChI=1S/C16H16N4OS2/c1-16(21,10-19-11-18-13-4-2-3-5-14(13)19)23-9-12-8-17-15-20(12)6-7-22-15/h2-8,11,21H,9-10H2,1H3/t16-/m0/s1. The van der Waals surface area contributed by atoms with Crippen LogP contribution in [0.3, 0.4) is 0 Å². The third-order valence-electron chi connectivity index (χ3n) is 3.74. The molecule has 5 nitrogen and oxygen atoms in total. The van der Waals surface area contributed by atoms with Gasteiger partial charge in [-0.15, -0.1) is 23.1 Å². The molecule has 23 heavy (non-hydrogen) atoms. The third-order valence-corrected chi connectivity index (χ3v) is 5.71. The molecule has 0 aliphatic heterocycles. The highest BCUT2D eigenvalue weighted by molar-refractivity contribution is 7.99. The Labute approximate surface area is 141 Å². The Balaban J connectivity index is 1.50. The first-order valence-electron chi connectivity index (χ1n) is 7.28. The molecule has 0 aliphatic carbocycles. The fourth-order valence-corrected chi connectivity index (χ4v) is 4.22. The zero-order chi connectivity index (χ0) is 15.9. The molecular weight excluding hydrogens is 328 g/mol. The Kier molecular flexibility index (Phi) is 3.63. The molecule has 0 unspecified atom stereocenters. The summed E-state index contributed by atoms with van der Waals surface area (Å²) in [5.74, 6) is 0.706. The minimum absolute atomic E-state index is 0.490. The highest BCUT2D eigenvalue weighted by atomic mass is 32.2. The van der Waals surface area contributed by atoms with Crippen LogP contribution < -0.4 is 0 Å². The van der Waals surface area contributed by atoms with E-state index in [1.54, 1.807) is 17.7 Å². The molecule has 0 radical (unpaired) electrons. The van der Waals surface area contributed by atoms with Crippen molar-refractivity contribution in [3.63, 3.8) is 0 Å². The molecule has 3 aromatic heterocycles. The SMILES string of the molecule is C[C@@](O)(Cn1cnc2ccccc21)SCc1cnc2sccn12. The number of nitrogens with zero attached hydrogens (tertiary/aromatic N) is 4. The lowest BCUT2D eigenvalue weighted by Gasteiger charge is -2.23. The largest absolute Gasteiger partial charge is 0.378 e. The molecule has 1 N–H and O–H groups in total. The predicted octanol–water partition coefficient (Wildman–Crippen LogP) is 3.39.